The van der Waals surface area contributed by atoms with Gasteiger partial charge in [0.05, 0.1) is 17.9 Å². The standard InChI is InChI=1S/C19H22N4O4S/c1-13-6-4-7-14(2)17(13)20-16(24)12-22(3)19(25)15-8-5-9-23-10-11-28(26,27)21-18(15)23/h4-9H,10-12H2,1-3H3,(H,20,24). The highest BCUT2D eigenvalue weighted by Gasteiger charge is 2.31. The van der Waals surface area contributed by atoms with E-state index in [0.717, 1.165) is 16.8 Å². The van der Waals surface area contributed by atoms with E-state index >= 15 is 0 Å². The summed E-state index contributed by atoms with van der Waals surface area (Å²) >= 11 is 0. The third-order valence-electron chi connectivity index (χ3n) is 4.56. The molecule has 2 heterocycles. The van der Waals surface area contributed by atoms with Crippen LogP contribution in [0.25, 0.3) is 0 Å². The van der Waals surface area contributed by atoms with Crippen LogP contribution < -0.4 is 5.32 Å². The van der Waals surface area contributed by atoms with Gasteiger partial charge >= 0.3 is 0 Å². The fourth-order valence-corrected chi connectivity index (χ4v) is 4.05. The van der Waals surface area contributed by atoms with Crippen LogP contribution in [-0.4, -0.2) is 61.8 Å². The zero-order valence-electron chi connectivity index (χ0n) is 16.0. The van der Waals surface area contributed by atoms with E-state index in [2.05, 4.69) is 9.71 Å². The number of carbonyl (C=O) groups excluding carboxylic acids is 2. The Morgan fingerprint density at radius 2 is 1.93 bits per heavy atom. The molecule has 2 aliphatic rings. The molecule has 2 aliphatic heterocycles. The van der Waals surface area contributed by atoms with E-state index in [4.69, 9.17) is 0 Å². The second-order valence-electron chi connectivity index (χ2n) is 6.79. The van der Waals surface area contributed by atoms with E-state index in [0.29, 0.717) is 0 Å². The van der Waals surface area contributed by atoms with Crippen molar-refractivity contribution in [2.24, 2.45) is 4.40 Å². The van der Waals surface area contributed by atoms with Crippen LogP contribution in [0, 0.1) is 13.8 Å². The Balaban J connectivity index is 1.74. The maximum Gasteiger partial charge on any atom is 0.257 e. The molecule has 0 aliphatic carbocycles. The van der Waals surface area contributed by atoms with Crippen molar-refractivity contribution >= 4 is 33.4 Å². The van der Waals surface area contributed by atoms with Crippen molar-refractivity contribution in [1.29, 1.82) is 0 Å². The first-order valence-corrected chi connectivity index (χ1v) is 10.4. The normalized spacial score (nSPS) is 17.3. The summed E-state index contributed by atoms with van der Waals surface area (Å²) in [6.07, 6.45) is 4.85. The van der Waals surface area contributed by atoms with Gasteiger partial charge in [-0.05, 0) is 37.1 Å². The number of nitrogens with one attached hydrogen (secondary N) is 1. The molecular formula is C19H22N4O4S. The smallest absolute Gasteiger partial charge is 0.257 e. The number of anilines is 1. The number of para-hydroxylation sites is 1. The van der Waals surface area contributed by atoms with Crippen LogP contribution in [0.5, 0.6) is 0 Å². The number of aryl methyl sites for hydroxylation is 2. The average Bonchev–Trinajstić information content (AvgIpc) is 2.63. The molecule has 0 saturated carbocycles. The summed E-state index contributed by atoms with van der Waals surface area (Å²) in [6.45, 7) is 3.85. The fraction of sp³-hybridized carbons (Fsp3) is 0.316. The molecule has 3 rings (SSSR count). The number of carbonyl (C=O) groups is 2. The van der Waals surface area contributed by atoms with E-state index in [1.807, 2.05) is 32.0 Å². The van der Waals surface area contributed by atoms with Gasteiger partial charge in [0.25, 0.3) is 15.9 Å². The molecular weight excluding hydrogens is 380 g/mol. The molecule has 0 unspecified atom stereocenters. The molecule has 0 aromatic heterocycles. The van der Waals surface area contributed by atoms with Gasteiger partial charge in [0, 0.05) is 25.5 Å². The molecule has 0 fully saturated rings. The minimum Gasteiger partial charge on any atom is -0.332 e. The zero-order valence-corrected chi connectivity index (χ0v) is 16.8. The first-order chi connectivity index (χ1) is 13.2. The summed E-state index contributed by atoms with van der Waals surface area (Å²) in [7, 11) is -2.10. The molecule has 2 amide bonds. The van der Waals surface area contributed by atoms with Crippen molar-refractivity contribution in [3.63, 3.8) is 0 Å². The average molecular weight is 402 g/mol. The largest absolute Gasteiger partial charge is 0.332 e. The number of hydrogen-bond donors (Lipinski definition) is 1. The quantitative estimate of drug-likeness (QED) is 0.816. The lowest BCUT2D eigenvalue weighted by atomic mass is 10.1. The van der Waals surface area contributed by atoms with E-state index in [-0.39, 0.29) is 36.2 Å². The highest BCUT2D eigenvalue weighted by atomic mass is 32.2. The molecule has 1 aromatic carbocycles. The molecule has 0 atom stereocenters. The highest BCUT2D eigenvalue weighted by Crippen LogP contribution is 2.21. The van der Waals surface area contributed by atoms with E-state index in [1.165, 1.54) is 18.0 Å². The van der Waals surface area contributed by atoms with E-state index in [1.54, 1.807) is 17.2 Å². The number of fused-ring (bicyclic) bond motifs is 1. The molecule has 148 valence electrons. The van der Waals surface area contributed by atoms with Crippen LogP contribution >= 0.6 is 0 Å². The van der Waals surface area contributed by atoms with Gasteiger partial charge in [0.2, 0.25) is 5.91 Å². The van der Waals surface area contributed by atoms with Crippen LogP contribution in [0.3, 0.4) is 0 Å². The lowest BCUT2D eigenvalue weighted by molar-refractivity contribution is -0.129. The van der Waals surface area contributed by atoms with Crippen LogP contribution in [0.4, 0.5) is 5.69 Å². The number of rotatable bonds is 4. The van der Waals surface area contributed by atoms with Crippen molar-refractivity contribution in [2.45, 2.75) is 13.8 Å². The number of sulfonamides is 1. The predicted octanol–water partition coefficient (Wildman–Crippen LogP) is 1.20. The van der Waals surface area contributed by atoms with Crippen molar-refractivity contribution < 1.29 is 18.0 Å². The molecule has 0 spiro atoms. The Labute approximate surface area is 164 Å². The van der Waals surface area contributed by atoms with Crippen molar-refractivity contribution in [3.05, 3.63) is 53.3 Å². The Morgan fingerprint density at radius 1 is 1.25 bits per heavy atom. The third kappa shape index (κ3) is 4.14. The summed E-state index contributed by atoms with van der Waals surface area (Å²) in [6, 6.07) is 5.70. The van der Waals surface area contributed by atoms with Gasteiger partial charge in [-0.25, -0.2) is 8.42 Å². The number of amides is 2. The van der Waals surface area contributed by atoms with Gasteiger partial charge < -0.3 is 15.1 Å². The first-order valence-electron chi connectivity index (χ1n) is 8.77. The first kappa shape index (κ1) is 19.8. The van der Waals surface area contributed by atoms with E-state index in [9.17, 15) is 18.0 Å². The maximum absolute atomic E-state index is 12.8. The Hall–Kier alpha value is -2.94. The van der Waals surface area contributed by atoms with Gasteiger partial charge in [-0.3, -0.25) is 9.59 Å². The third-order valence-corrected chi connectivity index (χ3v) is 5.71. The second-order valence-corrected chi connectivity index (χ2v) is 8.55. The summed E-state index contributed by atoms with van der Waals surface area (Å²) in [5, 5.41) is 2.83. The number of amidine groups is 1. The van der Waals surface area contributed by atoms with E-state index < -0.39 is 15.9 Å². The molecule has 9 heteroatoms. The fourth-order valence-electron chi connectivity index (χ4n) is 3.07. The second kappa shape index (κ2) is 7.59. The van der Waals surface area contributed by atoms with Crippen LogP contribution in [0.15, 0.2) is 46.5 Å². The number of benzene rings is 1. The Kier molecular flexibility index (Phi) is 5.37. The lowest BCUT2D eigenvalue weighted by Gasteiger charge is -2.30. The minimum absolute atomic E-state index is 0.0979. The summed E-state index contributed by atoms with van der Waals surface area (Å²) in [4.78, 5) is 28.1. The zero-order chi connectivity index (χ0) is 20.5. The van der Waals surface area contributed by atoms with Crippen LogP contribution in [-0.2, 0) is 19.6 Å². The van der Waals surface area contributed by atoms with Crippen molar-refractivity contribution in [3.8, 4) is 0 Å². The SMILES string of the molecule is Cc1cccc(C)c1NC(=O)CN(C)C(=O)C1=CC=CN2CCS(=O)(=O)N=C12. The van der Waals surface area contributed by atoms with Gasteiger partial charge in [-0.1, -0.05) is 18.2 Å². The van der Waals surface area contributed by atoms with Crippen molar-refractivity contribution in [1.82, 2.24) is 9.80 Å². The summed E-state index contributed by atoms with van der Waals surface area (Å²) < 4.78 is 27.4. The van der Waals surface area contributed by atoms with Gasteiger partial charge in [-0.15, -0.1) is 4.40 Å². The number of hydrogen-bond acceptors (Lipinski definition) is 5. The number of nitrogens with zero attached hydrogens (tertiary/aromatic N) is 3. The van der Waals surface area contributed by atoms with Crippen molar-refractivity contribution in [2.75, 3.05) is 31.2 Å². The Morgan fingerprint density at radius 3 is 2.61 bits per heavy atom. The summed E-state index contributed by atoms with van der Waals surface area (Å²) in [5.74, 6) is -0.811. The van der Waals surface area contributed by atoms with Gasteiger partial charge in [0.15, 0.2) is 5.84 Å². The number of allylic oxidation sites excluding steroid dienone is 2. The molecule has 0 bridgehead atoms. The topological polar surface area (TPSA) is 99.1 Å². The van der Waals surface area contributed by atoms with Crippen LogP contribution in [0.1, 0.15) is 11.1 Å². The molecule has 1 N–H and O–H groups in total. The predicted molar refractivity (Wildman–Crippen MR) is 107 cm³/mol. The monoisotopic (exact) mass is 402 g/mol. The highest BCUT2D eigenvalue weighted by molar-refractivity contribution is 7.90. The summed E-state index contributed by atoms with van der Waals surface area (Å²) in [5.41, 5.74) is 2.73. The van der Waals surface area contributed by atoms with Crippen LogP contribution in [0.2, 0.25) is 0 Å². The number of likely N-dealkylation sites (N-methyl/N-ethyl adjacent to an activating group) is 1. The molecule has 0 radical (unpaired) electrons. The minimum atomic E-state index is -3.60. The van der Waals surface area contributed by atoms with Gasteiger partial charge in [0.1, 0.15) is 0 Å². The molecule has 28 heavy (non-hydrogen) atoms. The molecule has 8 nitrogen and oxygen atoms in total. The lowest BCUT2D eigenvalue weighted by Crippen LogP contribution is -2.44. The Bertz CT molecular complexity index is 1000. The van der Waals surface area contributed by atoms with Gasteiger partial charge in [-0.2, -0.15) is 0 Å². The molecule has 1 aromatic rings. The maximum atomic E-state index is 12.8. The molecule has 0 saturated heterocycles.